The van der Waals surface area contributed by atoms with Gasteiger partial charge in [0.1, 0.15) is 5.82 Å². The van der Waals surface area contributed by atoms with E-state index in [-0.39, 0.29) is 4.90 Å². The first-order valence-electron chi connectivity index (χ1n) is 10.5. The van der Waals surface area contributed by atoms with Gasteiger partial charge in [-0.05, 0) is 55.1 Å². The SMILES string of the molecule is CCCN1CC2CC1CN2c1ccc(NS(=O)(=O)c2ccc(C(C)C)cc2)cn1. The smallest absolute Gasteiger partial charge is 0.261 e. The summed E-state index contributed by atoms with van der Waals surface area (Å²) in [4.78, 5) is 9.75. The maximum absolute atomic E-state index is 12.7. The molecule has 0 saturated carbocycles. The molecule has 1 aromatic heterocycles. The lowest BCUT2D eigenvalue weighted by Gasteiger charge is -2.34. The first-order chi connectivity index (χ1) is 13.9. The van der Waals surface area contributed by atoms with E-state index in [1.54, 1.807) is 24.4 Å². The topological polar surface area (TPSA) is 65.5 Å². The average Bonchev–Trinajstić information content (AvgIpc) is 3.29. The van der Waals surface area contributed by atoms with Gasteiger partial charge in [-0.1, -0.05) is 32.9 Å². The summed E-state index contributed by atoms with van der Waals surface area (Å²) in [6, 6.07) is 11.9. The standard InChI is InChI=1S/C22H30N4O2S/c1-4-11-25-14-20-12-19(25)15-26(20)22-10-7-18(13-23-22)24-29(27,28)21-8-5-17(6-9-21)16(2)3/h5-10,13,16,19-20,24H,4,11-12,14-15H2,1-3H3. The van der Waals surface area contributed by atoms with Crippen LogP contribution in [0.5, 0.6) is 0 Å². The molecule has 0 radical (unpaired) electrons. The molecular formula is C22H30N4O2S. The van der Waals surface area contributed by atoms with E-state index in [0.29, 0.717) is 23.7 Å². The van der Waals surface area contributed by atoms with Crippen LogP contribution in [0, 0.1) is 0 Å². The zero-order valence-electron chi connectivity index (χ0n) is 17.4. The summed E-state index contributed by atoms with van der Waals surface area (Å²) in [7, 11) is -3.62. The number of likely N-dealkylation sites (tertiary alicyclic amines) is 1. The minimum atomic E-state index is -3.62. The van der Waals surface area contributed by atoms with E-state index in [0.717, 1.165) is 24.5 Å². The van der Waals surface area contributed by atoms with E-state index in [4.69, 9.17) is 0 Å². The lowest BCUT2D eigenvalue weighted by atomic mass is 10.0. The van der Waals surface area contributed by atoms with E-state index in [9.17, 15) is 8.42 Å². The van der Waals surface area contributed by atoms with E-state index in [2.05, 4.69) is 40.3 Å². The molecule has 2 bridgehead atoms. The molecule has 6 nitrogen and oxygen atoms in total. The van der Waals surface area contributed by atoms with Crippen LogP contribution in [0.2, 0.25) is 0 Å². The van der Waals surface area contributed by atoms with Crippen LogP contribution in [0.1, 0.15) is 45.1 Å². The van der Waals surface area contributed by atoms with Crippen molar-refractivity contribution in [3.63, 3.8) is 0 Å². The summed E-state index contributed by atoms with van der Waals surface area (Å²) < 4.78 is 28.0. The van der Waals surface area contributed by atoms with Gasteiger partial charge in [-0.3, -0.25) is 9.62 Å². The third-order valence-corrected chi connectivity index (χ3v) is 7.41. The Morgan fingerprint density at radius 3 is 2.41 bits per heavy atom. The number of sulfonamides is 1. The van der Waals surface area contributed by atoms with Gasteiger partial charge in [0.15, 0.2) is 0 Å². The second kappa shape index (κ2) is 7.95. The fourth-order valence-corrected chi connectivity index (χ4v) is 5.50. The number of hydrogen-bond donors (Lipinski definition) is 1. The van der Waals surface area contributed by atoms with Gasteiger partial charge < -0.3 is 4.90 Å². The molecule has 2 saturated heterocycles. The lowest BCUT2D eigenvalue weighted by molar-refractivity contribution is 0.239. The lowest BCUT2D eigenvalue weighted by Crippen LogP contribution is -2.46. The van der Waals surface area contributed by atoms with Crippen LogP contribution in [-0.2, 0) is 10.0 Å². The molecule has 0 amide bonds. The number of nitrogens with zero attached hydrogens (tertiary/aromatic N) is 3. The Morgan fingerprint density at radius 1 is 1.10 bits per heavy atom. The van der Waals surface area contributed by atoms with Crippen molar-refractivity contribution >= 4 is 21.5 Å². The Balaban J connectivity index is 1.42. The fraction of sp³-hybridized carbons (Fsp3) is 0.500. The van der Waals surface area contributed by atoms with Gasteiger partial charge in [-0.2, -0.15) is 0 Å². The van der Waals surface area contributed by atoms with Gasteiger partial charge >= 0.3 is 0 Å². The summed E-state index contributed by atoms with van der Waals surface area (Å²) in [6.45, 7) is 9.67. The van der Waals surface area contributed by atoms with Gasteiger partial charge in [0.2, 0.25) is 0 Å². The highest BCUT2D eigenvalue weighted by atomic mass is 32.2. The van der Waals surface area contributed by atoms with E-state index in [1.165, 1.54) is 19.4 Å². The predicted molar refractivity (Wildman–Crippen MR) is 117 cm³/mol. The minimum Gasteiger partial charge on any atom is -0.351 e. The quantitative estimate of drug-likeness (QED) is 0.749. The first kappa shape index (κ1) is 20.2. The zero-order valence-corrected chi connectivity index (χ0v) is 18.2. The summed E-state index contributed by atoms with van der Waals surface area (Å²) in [5.41, 5.74) is 1.60. The average molecular weight is 415 g/mol. The highest BCUT2D eigenvalue weighted by Crippen LogP contribution is 2.34. The molecule has 1 aromatic carbocycles. The Kier molecular flexibility index (Phi) is 5.53. The van der Waals surface area contributed by atoms with Crippen LogP contribution in [-0.4, -0.2) is 50.0 Å². The van der Waals surface area contributed by atoms with Crippen molar-refractivity contribution in [2.45, 2.75) is 56.5 Å². The molecule has 29 heavy (non-hydrogen) atoms. The Morgan fingerprint density at radius 2 is 1.86 bits per heavy atom. The molecule has 4 rings (SSSR count). The number of anilines is 2. The molecule has 3 heterocycles. The van der Waals surface area contributed by atoms with Gasteiger partial charge in [-0.15, -0.1) is 0 Å². The van der Waals surface area contributed by atoms with E-state index >= 15 is 0 Å². The number of hydrogen-bond acceptors (Lipinski definition) is 5. The maximum Gasteiger partial charge on any atom is 0.261 e. The van der Waals surface area contributed by atoms with Crippen molar-refractivity contribution in [2.75, 3.05) is 29.3 Å². The number of fused-ring (bicyclic) bond motifs is 2. The Bertz CT molecular complexity index is 942. The largest absolute Gasteiger partial charge is 0.351 e. The number of nitrogens with one attached hydrogen (secondary N) is 1. The van der Waals surface area contributed by atoms with Crippen LogP contribution in [0.3, 0.4) is 0 Å². The molecule has 0 aliphatic carbocycles. The zero-order chi connectivity index (χ0) is 20.6. The molecule has 1 N–H and O–H groups in total. The molecule has 2 aliphatic rings. The number of pyridine rings is 1. The van der Waals surface area contributed by atoms with Gasteiger partial charge in [0.05, 0.1) is 16.8 Å². The van der Waals surface area contributed by atoms with Crippen molar-refractivity contribution in [2.24, 2.45) is 0 Å². The summed E-state index contributed by atoms with van der Waals surface area (Å²) in [6.07, 6.45) is 4.00. The third kappa shape index (κ3) is 4.12. The number of piperazine rings is 1. The van der Waals surface area contributed by atoms with Gasteiger partial charge in [0.25, 0.3) is 10.0 Å². The highest BCUT2D eigenvalue weighted by Gasteiger charge is 2.43. The van der Waals surface area contributed by atoms with Crippen molar-refractivity contribution < 1.29 is 8.42 Å². The Hall–Kier alpha value is -2.12. The van der Waals surface area contributed by atoms with Gasteiger partial charge in [0, 0.05) is 25.2 Å². The molecule has 2 aliphatic heterocycles. The Labute approximate surface area is 174 Å². The monoisotopic (exact) mass is 414 g/mol. The number of benzene rings is 1. The summed E-state index contributed by atoms with van der Waals surface area (Å²) in [5, 5.41) is 0. The van der Waals surface area contributed by atoms with Crippen LogP contribution < -0.4 is 9.62 Å². The number of rotatable bonds is 7. The summed E-state index contributed by atoms with van der Waals surface area (Å²) >= 11 is 0. The van der Waals surface area contributed by atoms with Crippen molar-refractivity contribution in [1.29, 1.82) is 0 Å². The van der Waals surface area contributed by atoms with E-state index < -0.39 is 10.0 Å². The maximum atomic E-state index is 12.7. The molecule has 2 atom stereocenters. The van der Waals surface area contributed by atoms with Crippen LogP contribution in [0.15, 0.2) is 47.5 Å². The molecule has 156 valence electrons. The van der Waals surface area contributed by atoms with Crippen molar-refractivity contribution in [1.82, 2.24) is 9.88 Å². The molecule has 0 spiro atoms. The van der Waals surface area contributed by atoms with Crippen LogP contribution in [0.25, 0.3) is 0 Å². The fourth-order valence-electron chi connectivity index (χ4n) is 4.45. The van der Waals surface area contributed by atoms with Crippen LogP contribution in [0.4, 0.5) is 11.5 Å². The molecule has 2 aromatic rings. The number of aromatic nitrogens is 1. The minimum absolute atomic E-state index is 0.263. The second-order valence-corrected chi connectivity index (χ2v) is 10.1. The van der Waals surface area contributed by atoms with Crippen molar-refractivity contribution in [3.05, 3.63) is 48.2 Å². The van der Waals surface area contributed by atoms with Gasteiger partial charge in [-0.25, -0.2) is 13.4 Å². The molecule has 2 unspecified atom stereocenters. The summed E-state index contributed by atoms with van der Waals surface area (Å²) in [5.74, 6) is 1.30. The second-order valence-electron chi connectivity index (χ2n) is 8.42. The predicted octanol–water partition coefficient (Wildman–Crippen LogP) is 3.68. The van der Waals surface area contributed by atoms with E-state index in [1.807, 2.05) is 18.2 Å². The molecular weight excluding hydrogens is 384 g/mol. The normalized spacial score (nSPS) is 21.9. The van der Waals surface area contributed by atoms with Crippen molar-refractivity contribution in [3.8, 4) is 0 Å². The third-order valence-electron chi connectivity index (χ3n) is 6.02. The first-order valence-corrected chi connectivity index (χ1v) is 11.9. The van der Waals surface area contributed by atoms with Crippen LogP contribution >= 0.6 is 0 Å². The molecule has 2 fully saturated rings. The highest BCUT2D eigenvalue weighted by molar-refractivity contribution is 7.92. The molecule has 7 heteroatoms.